The van der Waals surface area contributed by atoms with Crippen LogP contribution in [0.2, 0.25) is 0 Å². The summed E-state index contributed by atoms with van der Waals surface area (Å²) in [5.74, 6) is 0.214. The second-order valence-corrected chi connectivity index (χ2v) is 5.40. The Morgan fingerprint density at radius 1 is 1.21 bits per heavy atom. The van der Waals surface area contributed by atoms with E-state index in [1.807, 2.05) is 18.7 Å². The number of hydrogen-bond donors (Lipinski definition) is 2. The van der Waals surface area contributed by atoms with Crippen molar-refractivity contribution in [3.05, 3.63) is 0 Å². The minimum Gasteiger partial charge on any atom is -0.395 e. The number of rotatable bonds is 6. The van der Waals surface area contributed by atoms with Crippen LogP contribution in [-0.4, -0.2) is 66.7 Å². The van der Waals surface area contributed by atoms with Crippen LogP contribution in [0.25, 0.3) is 0 Å². The van der Waals surface area contributed by atoms with Gasteiger partial charge in [-0.1, -0.05) is 13.8 Å². The van der Waals surface area contributed by atoms with Crippen LogP contribution in [0.15, 0.2) is 0 Å². The van der Waals surface area contributed by atoms with E-state index in [2.05, 4.69) is 4.90 Å². The molecule has 0 aliphatic carbocycles. The van der Waals surface area contributed by atoms with Crippen molar-refractivity contribution in [2.75, 3.05) is 45.9 Å². The number of β-amino-alcohol motifs (C(OH)–C–C–N with tert-alkyl or cyclic N) is 1. The molecule has 19 heavy (non-hydrogen) atoms. The van der Waals surface area contributed by atoms with Gasteiger partial charge in [0.2, 0.25) is 5.91 Å². The first-order valence-electron chi connectivity index (χ1n) is 7.46. The van der Waals surface area contributed by atoms with Crippen LogP contribution in [0.1, 0.15) is 33.1 Å². The zero-order chi connectivity index (χ0) is 14.3. The lowest BCUT2D eigenvalue weighted by molar-refractivity contribution is -0.142. The smallest absolute Gasteiger partial charge is 0.230 e. The minimum absolute atomic E-state index is 0.185. The number of nitrogens with two attached hydrogens (primary N) is 1. The molecule has 5 heteroatoms. The summed E-state index contributed by atoms with van der Waals surface area (Å²) in [5.41, 5.74) is 5.48. The molecule has 0 radical (unpaired) electrons. The van der Waals surface area contributed by atoms with Crippen molar-refractivity contribution in [1.29, 1.82) is 0 Å². The zero-order valence-electron chi connectivity index (χ0n) is 12.4. The third-order valence-electron chi connectivity index (χ3n) is 4.49. The van der Waals surface area contributed by atoms with Crippen LogP contribution in [0.5, 0.6) is 0 Å². The van der Waals surface area contributed by atoms with Crippen LogP contribution in [0.4, 0.5) is 0 Å². The molecule has 0 bridgehead atoms. The van der Waals surface area contributed by atoms with E-state index in [0.29, 0.717) is 13.1 Å². The predicted octanol–water partition coefficient (Wildman–Crippen LogP) is 0.278. The number of carbonyl (C=O) groups is 1. The second-order valence-electron chi connectivity index (χ2n) is 5.40. The van der Waals surface area contributed by atoms with Gasteiger partial charge in [0.05, 0.1) is 12.0 Å². The second kappa shape index (κ2) is 7.82. The fraction of sp³-hybridized carbons (Fsp3) is 0.929. The Hall–Kier alpha value is -0.650. The van der Waals surface area contributed by atoms with Gasteiger partial charge in [0.25, 0.3) is 0 Å². The molecule has 1 aliphatic rings. The van der Waals surface area contributed by atoms with Gasteiger partial charge in [-0.05, 0) is 25.8 Å². The highest BCUT2D eigenvalue weighted by molar-refractivity contribution is 5.83. The predicted molar refractivity (Wildman–Crippen MR) is 76.8 cm³/mol. The molecule has 0 saturated carbocycles. The molecule has 0 aromatic carbocycles. The topological polar surface area (TPSA) is 69.8 Å². The molecule has 1 rings (SSSR count). The Bertz CT molecular complexity index is 272. The summed E-state index contributed by atoms with van der Waals surface area (Å²) in [7, 11) is 0. The maximum Gasteiger partial charge on any atom is 0.230 e. The number of nitrogens with zero attached hydrogens (tertiary/aromatic N) is 2. The van der Waals surface area contributed by atoms with Crippen LogP contribution in [-0.2, 0) is 4.79 Å². The normalized spacial score (nSPS) is 18.4. The lowest BCUT2D eigenvalue weighted by Gasteiger charge is -2.34. The maximum absolute atomic E-state index is 12.7. The van der Waals surface area contributed by atoms with Crippen molar-refractivity contribution in [3.63, 3.8) is 0 Å². The van der Waals surface area contributed by atoms with E-state index in [1.165, 1.54) is 0 Å². The lowest BCUT2D eigenvalue weighted by Crippen LogP contribution is -2.48. The average molecular weight is 271 g/mol. The van der Waals surface area contributed by atoms with E-state index < -0.39 is 0 Å². The van der Waals surface area contributed by atoms with Crippen molar-refractivity contribution in [2.24, 2.45) is 11.1 Å². The highest BCUT2D eigenvalue weighted by atomic mass is 16.3. The summed E-state index contributed by atoms with van der Waals surface area (Å²) in [6, 6.07) is 0. The van der Waals surface area contributed by atoms with Crippen LogP contribution < -0.4 is 5.73 Å². The van der Waals surface area contributed by atoms with Gasteiger partial charge in [-0.25, -0.2) is 0 Å². The number of amides is 1. The lowest BCUT2D eigenvalue weighted by atomic mass is 9.81. The van der Waals surface area contributed by atoms with Gasteiger partial charge in [0.15, 0.2) is 0 Å². The summed E-state index contributed by atoms with van der Waals surface area (Å²) in [5, 5.41) is 8.99. The van der Waals surface area contributed by atoms with E-state index in [0.717, 1.165) is 45.4 Å². The van der Waals surface area contributed by atoms with Crippen molar-refractivity contribution < 1.29 is 9.90 Å². The Morgan fingerprint density at radius 2 is 1.89 bits per heavy atom. The van der Waals surface area contributed by atoms with Crippen molar-refractivity contribution >= 4 is 5.91 Å². The van der Waals surface area contributed by atoms with E-state index in [1.54, 1.807) is 0 Å². The quantitative estimate of drug-likeness (QED) is 0.728. The molecule has 112 valence electrons. The molecule has 0 aromatic rings. The fourth-order valence-corrected chi connectivity index (χ4v) is 2.80. The summed E-state index contributed by atoms with van der Waals surface area (Å²) in [6.45, 7) is 8.77. The molecule has 0 atom stereocenters. The molecule has 3 N–H and O–H groups in total. The molecule has 1 saturated heterocycles. The molecule has 0 unspecified atom stereocenters. The number of aliphatic hydroxyl groups excluding tert-OH is 1. The van der Waals surface area contributed by atoms with Gasteiger partial charge in [0.1, 0.15) is 0 Å². The first-order valence-corrected chi connectivity index (χ1v) is 7.46. The number of carbonyl (C=O) groups excluding carboxylic acids is 1. The Kier molecular flexibility index (Phi) is 6.75. The monoisotopic (exact) mass is 271 g/mol. The summed E-state index contributed by atoms with van der Waals surface area (Å²) >= 11 is 0. The van der Waals surface area contributed by atoms with E-state index in [4.69, 9.17) is 10.8 Å². The SMILES string of the molecule is CCC(CC)(CN)C(=O)N1CCCN(CCO)CC1. The Morgan fingerprint density at radius 3 is 2.42 bits per heavy atom. The molecule has 5 nitrogen and oxygen atoms in total. The van der Waals surface area contributed by atoms with E-state index in [-0.39, 0.29) is 17.9 Å². The van der Waals surface area contributed by atoms with Crippen LogP contribution in [0.3, 0.4) is 0 Å². The van der Waals surface area contributed by atoms with Crippen molar-refractivity contribution in [2.45, 2.75) is 33.1 Å². The van der Waals surface area contributed by atoms with Gasteiger partial charge in [-0.15, -0.1) is 0 Å². The maximum atomic E-state index is 12.7. The minimum atomic E-state index is -0.383. The van der Waals surface area contributed by atoms with Gasteiger partial charge < -0.3 is 15.7 Å². The molecular weight excluding hydrogens is 242 g/mol. The number of aliphatic hydroxyl groups is 1. The largest absolute Gasteiger partial charge is 0.395 e. The van der Waals surface area contributed by atoms with Crippen molar-refractivity contribution in [1.82, 2.24) is 9.80 Å². The van der Waals surface area contributed by atoms with Gasteiger partial charge in [-0.3, -0.25) is 9.69 Å². The highest BCUT2D eigenvalue weighted by Crippen LogP contribution is 2.28. The molecular formula is C14H29N3O2. The number of hydrogen-bond acceptors (Lipinski definition) is 4. The fourth-order valence-electron chi connectivity index (χ4n) is 2.80. The summed E-state index contributed by atoms with van der Waals surface area (Å²) in [6.07, 6.45) is 2.57. The molecule has 0 spiro atoms. The molecule has 0 aromatic heterocycles. The Balaban J connectivity index is 2.66. The van der Waals surface area contributed by atoms with E-state index in [9.17, 15) is 4.79 Å². The molecule has 1 fully saturated rings. The molecule has 1 heterocycles. The molecule has 1 aliphatic heterocycles. The third kappa shape index (κ3) is 3.91. The first-order chi connectivity index (χ1) is 9.13. The zero-order valence-corrected chi connectivity index (χ0v) is 12.4. The third-order valence-corrected chi connectivity index (χ3v) is 4.49. The highest BCUT2D eigenvalue weighted by Gasteiger charge is 2.37. The van der Waals surface area contributed by atoms with Gasteiger partial charge in [-0.2, -0.15) is 0 Å². The summed E-state index contributed by atoms with van der Waals surface area (Å²) in [4.78, 5) is 16.9. The van der Waals surface area contributed by atoms with Gasteiger partial charge >= 0.3 is 0 Å². The first kappa shape index (κ1) is 16.4. The van der Waals surface area contributed by atoms with Crippen LogP contribution in [0, 0.1) is 5.41 Å². The summed E-state index contributed by atoms with van der Waals surface area (Å²) < 4.78 is 0. The van der Waals surface area contributed by atoms with E-state index >= 15 is 0 Å². The standard InChI is InChI=1S/C14H29N3O2/c1-3-14(4-2,12-15)13(19)17-7-5-6-16(8-9-17)10-11-18/h18H,3-12,15H2,1-2H3. The average Bonchev–Trinajstić information content (AvgIpc) is 2.67. The van der Waals surface area contributed by atoms with Gasteiger partial charge in [0, 0.05) is 32.7 Å². The Labute approximate surface area is 116 Å². The molecule has 1 amide bonds. The van der Waals surface area contributed by atoms with Crippen LogP contribution >= 0.6 is 0 Å². The van der Waals surface area contributed by atoms with Crippen molar-refractivity contribution in [3.8, 4) is 0 Å².